The number of rotatable bonds is 5. The van der Waals surface area contributed by atoms with Crippen LogP contribution in [0.4, 0.5) is 10.1 Å². The zero-order valence-electron chi connectivity index (χ0n) is 14.9. The van der Waals surface area contributed by atoms with Gasteiger partial charge < -0.3 is 15.5 Å². The molecule has 0 radical (unpaired) electrons. The predicted molar refractivity (Wildman–Crippen MR) is 108 cm³/mol. The lowest BCUT2D eigenvalue weighted by molar-refractivity contribution is 0.292. The standard InChI is InChI=1S/C19H23ClFN3S/c1-12-8-9-13(2)16(10-12)23-19(25)22-11-17(24(3)4)18-14(20)6-5-7-15(18)21/h5-10,17H,11H2,1-4H3,(H2,22,23,25)/t17-/m1/s1. The van der Waals surface area contributed by atoms with E-state index < -0.39 is 0 Å². The molecule has 25 heavy (non-hydrogen) atoms. The molecular formula is C19H23ClFN3S. The van der Waals surface area contributed by atoms with Gasteiger partial charge >= 0.3 is 0 Å². The maximum absolute atomic E-state index is 14.2. The lowest BCUT2D eigenvalue weighted by Crippen LogP contribution is -2.37. The fraction of sp³-hybridized carbons (Fsp3) is 0.316. The molecule has 0 aromatic heterocycles. The van der Waals surface area contributed by atoms with Crippen molar-refractivity contribution in [2.75, 3.05) is 26.0 Å². The van der Waals surface area contributed by atoms with Gasteiger partial charge in [0.15, 0.2) is 5.11 Å². The predicted octanol–water partition coefficient (Wildman–Crippen LogP) is 4.69. The molecule has 6 heteroatoms. The smallest absolute Gasteiger partial charge is 0.170 e. The Labute approximate surface area is 159 Å². The molecule has 0 amide bonds. The summed E-state index contributed by atoms with van der Waals surface area (Å²) in [4.78, 5) is 1.91. The second kappa shape index (κ2) is 8.61. The highest BCUT2D eigenvalue weighted by Crippen LogP contribution is 2.28. The van der Waals surface area contributed by atoms with Gasteiger partial charge in [-0.1, -0.05) is 29.8 Å². The zero-order valence-corrected chi connectivity index (χ0v) is 16.4. The Morgan fingerprint density at radius 1 is 1.24 bits per heavy atom. The normalized spacial score (nSPS) is 12.1. The average Bonchev–Trinajstić information content (AvgIpc) is 2.53. The van der Waals surface area contributed by atoms with E-state index in [9.17, 15) is 4.39 Å². The maximum atomic E-state index is 14.2. The monoisotopic (exact) mass is 379 g/mol. The largest absolute Gasteiger partial charge is 0.361 e. The molecule has 0 heterocycles. The van der Waals surface area contributed by atoms with E-state index in [1.54, 1.807) is 12.1 Å². The number of nitrogens with one attached hydrogen (secondary N) is 2. The molecule has 0 bridgehead atoms. The number of likely N-dealkylation sites (N-methyl/N-ethyl adjacent to an activating group) is 1. The average molecular weight is 380 g/mol. The van der Waals surface area contributed by atoms with Crippen molar-refractivity contribution in [1.29, 1.82) is 0 Å². The molecule has 0 spiro atoms. The summed E-state index contributed by atoms with van der Waals surface area (Å²) in [5.41, 5.74) is 3.69. The Bertz CT molecular complexity index is 744. The van der Waals surface area contributed by atoms with Crippen LogP contribution in [0.2, 0.25) is 5.02 Å². The van der Waals surface area contributed by atoms with Gasteiger partial charge in [0.2, 0.25) is 0 Å². The number of anilines is 1. The first-order valence-electron chi connectivity index (χ1n) is 8.02. The maximum Gasteiger partial charge on any atom is 0.170 e. The lowest BCUT2D eigenvalue weighted by atomic mass is 10.1. The summed E-state index contributed by atoms with van der Waals surface area (Å²) in [5, 5.41) is 7.27. The topological polar surface area (TPSA) is 27.3 Å². The number of hydrogen-bond acceptors (Lipinski definition) is 2. The number of aryl methyl sites for hydroxylation is 2. The highest BCUT2D eigenvalue weighted by Gasteiger charge is 2.21. The van der Waals surface area contributed by atoms with Crippen molar-refractivity contribution >= 4 is 34.6 Å². The summed E-state index contributed by atoms with van der Waals surface area (Å²) in [5.74, 6) is -0.318. The van der Waals surface area contributed by atoms with Crippen LogP contribution in [0.25, 0.3) is 0 Å². The van der Waals surface area contributed by atoms with Crippen molar-refractivity contribution in [2.24, 2.45) is 0 Å². The summed E-state index contributed by atoms with van der Waals surface area (Å²) >= 11 is 11.6. The molecule has 2 rings (SSSR count). The van der Waals surface area contributed by atoms with Crippen LogP contribution in [0, 0.1) is 19.7 Å². The fourth-order valence-corrected chi connectivity index (χ4v) is 3.08. The third-order valence-corrected chi connectivity index (χ3v) is 4.63. The number of benzene rings is 2. The van der Waals surface area contributed by atoms with E-state index in [0.717, 1.165) is 16.8 Å². The third kappa shape index (κ3) is 5.14. The van der Waals surface area contributed by atoms with Gasteiger partial charge in [-0.25, -0.2) is 4.39 Å². The molecule has 0 aliphatic carbocycles. The Kier molecular flexibility index (Phi) is 6.76. The quantitative estimate of drug-likeness (QED) is 0.737. The first-order valence-corrected chi connectivity index (χ1v) is 8.80. The van der Waals surface area contributed by atoms with E-state index in [-0.39, 0.29) is 11.9 Å². The van der Waals surface area contributed by atoms with E-state index in [2.05, 4.69) is 16.7 Å². The van der Waals surface area contributed by atoms with E-state index in [1.165, 1.54) is 6.07 Å². The SMILES string of the molecule is Cc1ccc(C)c(NC(=S)NC[C@H](c2c(F)cccc2Cl)N(C)C)c1. The highest BCUT2D eigenvalue weighted by molar-refractivity contribution is 7.80. The summed E-state index contributed by atoms with van der Waals surface area (Å²) in [6.07, 6.45) is 0. The van der Waals surface area contributed by atoms with Crippen LogP contribution in [0.3, 0.4) is 0 Å². The molecule has 1 atom stereocenters. The van der Waals surface area contributed by atoms with Gasteiger partial charge in [0.1, 0.15) is 5.82 Å². The minimum absolute atomic E-state index is 0.243. The molecular weight excluding hydrogens is 357 g/mol. The number of nitrogens with zero attached hydrogens (tertiary/aromatic N) is 1. The Morgan fingerprint density at radius 3 is 2.60 bits per heavy atom. The van der Waals surface area contributed by atoms with Gasteiger partial charge in [-0.3, -0.25) is 0 Å². The molecule has 0 aliphatic rings. The van der Waals surface area contributed by atoms with Gasteiger partial charge in [0.25, 0.3) is 0 Å². The van der Waals surface area contributed by atoms with E-state index in [4.69, 9.17) is 23.8 Å². The molecule has 0 aliphatic heterocycles. The van der Waals surface area contributed by atoms with Crippen molar-refractivity contribution in [1.82, 2.24) is 10.2 Å². The van der Waals surface area contributed by atoms with Crippen LogP contribution in [-0.2, 0) is 0 Å². The summed E-state index contributed by atoms with van der Waals surface area (Å²) in [6.45, 7) is 4.49. The van der Waals surface area contributed by atoms with Crippen LogP contribution in [0.1, 0.15) is 22.7 Å². The van der Waals surface area contributed by atoms with Crippen molar-refractivity contribution in [3.8, 4) is 0 Å². The minimum Gasteiger partial charge on any atom is -0.361 e. The molecule has 3 nitrogen and oxygen atoms in total. The first kappa shape index (κ1) is 19.6. The number of hydrogen-bond donors (Lipinski definition) is 2. The third-order valence-electron chi connectivity index (χ3n) is 4.05. The van der Waals surface area contributed by atoms with Crippen LogP contribution >= 0.6 is 23.8 Å². The van der Waals surface area contributed by atoms with Gasteiger partial charge in [-0.2, -0.15) is 0 Å². The molecule has 2 aromatic carbocycles. The van der Waals surface area contributed by atoms with Gasteiger partial charge in [-0.05, 0) is 69.5 Å². The minimum atomic E-state index is -0.318. The molecule has 0 saturated heterocycles. The first-order chi connectivity index (χ1) is 11.8. The molecule has 0 fully saturated rings. The highest BCUT2D eigenvalue weighted by atomic mass is 35.5. The molecule has 2 aromatic rings. The summed E-state index contributed by atoms with van der Waals surface area (Å²) < 4.78 is 14.2. The van der Waals surface area contributed by atoms with Crippen LogP contribution < -0.4 is 10.6 Å². The Balaban J connectivity index is 2.09. The molecule has 0 saturated carbocycles. The number of thiocarbonyl (C=S) groups is 1. The van der Waals surface area contributed by atoms with Crippen molar-refractivity contribution in [3.63, 3.8) is 0 Å². The summed E-state index contributed by atoms with van der Waals surface area (Å²) in [7, 11) is 3.77. The lowest BCUT2D eigenvalue weighted by Gasteiger charge is -2.27. The second-order valence-corrected chi connectivity index (χ2v) is 7.08. The van der Waals surface area contributed by atoms with E-state index in [0.29, 0.717) is 22.2 Å². The van der Waals surface area contributed by atoms with Gasteiger partial charge in [-0.15, -0.1) is 0 Å². The van der Waals surface area contributed by atoms with Gasteiger partial charge in [0, 0.05) is 22.8 Å². The second-order valence-electron chi connectivity index (χ2n) is 6.27. The fourth-order valence-electron chi connectivity index (χ4n) is 2.60. The molecule has 134 valence electrons. The van der Waals surface area contributed by atoms with E-state index >= 15 is 0 Å². The van der Waals surface area contributed by atoms with Crippen LogP contribution in [0.15, 0.2) is 36.4 Å². The van der Waals surface area contributed by atoms with Crippen molar-refractivity contribution < 1.29 is 4.39 Å². The Hall–Kier alpha value is -1.69. The molecule has 2 N–H and O–H groups in total. The Morgan fingerprint density at radius 2 is 1.96 bits per heavy atom. The molecule has 0 unspecified atom stereocenters. The van der Waals surface area contributed by atoms with Crippen LogP contribution in [-0.4, -0.2) is 30.7 Å². The van der Waals surface area contributed by atoms with Crippen LogP contribution in [0.5, 0.6) is 0 Å². The van der Waals surface area contributed by atoms with E-state index in [1.807, 2.05) is 45.0 Å². The number of halogens is 2. The van der Waals surface area contributed by atoms with Crippen molar-refractivity contribution in [3.05, 3.63) is 63.9 Å². The zero-order chi connectivity index (χ0) is 18.6. The van der Waals surface area contributed by atoms with Gasteiger partial charge in [0.05, 0.1) is 6.04 Å². The van der Waals surface area contributed by atoms with Crippen molar-refractivity contribution in [2.45, 2.75) is 19.9 Å². The summed E-state index contributed by atoms with van der Waals surface area (Å²) in [6, 6.07) is 10.6.